The molecule has 34 heavy (non-hydrogen) atoms. The summed E-state index contributed by atoms with van der Waals surface area (Å²) in [6.07, 6.45) is 3.49. The maximum atomic E-state index is 12.5. The number of benzene rings is 3. The van der Waals surface area contributed by atoms with Crippen LogP contribution in [0.4, 0.5) is 11.4 Å². The minimum Gasteiger partial charge on any atom is -0.482 e. The third kappa shape index (κ3) is 6.39. The van der Waals surface area contributed by atoms with Crippen LogP contribution in [-0.2, 0) is 9.59 Å². The summed E-state index contributed by atoms with van der Waals surface area (Å²) in [6.45, 7) is 2.70. The largest absolute Gasteiger partial charge is 0.482 e. The van der Waals surface area contributed by atoms with Crippen molar-refractivity contribution in [3.8, 4) is 5.75 Å². The zero-order valence-corrected chi connectivity index (χ0v) is 19.4. The fourth-order valence-corrected chi connectivity index (χ4v) is 3.87. The van der Waals surface area contributed by atoms with Gasteiger partial charge in [-0.2, -0.15) is 0 Å². The van der Waals surface area contributed by atoms with Crippen LogP contribution in [0.3, 0.4) is 0 Å². The lowest BCUT2D eigenvalue weighted by Gasteiger charge is -2.35. The molecule has 1 aliphatic heterocycles. The number of amides is 2. The molecule has 3 aromatic rings. The number of para-hydroxylation sites is 1. The molecule has 174 valence electrons. The molecule has 4 rings (SSSR count). The van der Waals surface area contributed by atoms with Gasteiger partial charge in [0.2, 0.25) is 5.91 Å². The number of nitrogens with one attached hydrogen (secondary N) is 1. The second-order valence-corrected chi connectivity index (χ2v) is 8.28. The highest BCUT2D eigenvalue weighted by Gasteiger charge is 2.20. The van der Waals surface area contributed by atoms with Crippen LogP contribution in [0.1, 0.15) is 5.56 Å². The van der Waals surface area contributed by atoms with Crippen LogP contribution < -0.4 is 15.0 Å². The molecule has 0 saturated carbocycles. The van der Waals surface area contributed by atoms with Gasteiger partial charge in [-0.15, -0.1) is 0 Å². The van der Waals surface area contributed by atoms with E-state index in [2.05, 4.69) is 10.2 Å². The molecule has 0 bridgehead atoms. The molecule has 1 aliphatic rings. The molecule has 1 saturated heterocycles. The molecule has 3 aromatic carbocycles. The van der Waals surface area contributed by atoms with E-state index in [4.69, 9.17) is 16.3 Å². The summed E-state index contributed by atoms with van der Waals surface area (Å²) < 4.78 is 5.47. The summed E-state index contributed by atoms with van der Waals surface area (Å²) in [5.74, 6) is 0.242. The lowest BCUT2D eigenvalue weighted by Crippen LogP contribution is -2.48. The molecule has 2 amide bonds. The van der Waals surface area contributed by atoms with E-state index in [0.717, 1.165) is 24.3 Å². The summed E-state index contributed by atoms with van der Waals surface area (Å²) in [7, 11) is 0. The lowest BCUT2D eigenvalue weighted by atomic mass is 10.2. The Balaban J connectivity index is 1.23. The Morgan fingerprint density at radius 3 is 2.26 bits per heavy atom. The SMILES string of the molecule is O=C(COc1ccccc1Cl)Nc1ccc(N2CCN(C(=O)/C=C/c3ccccc3)CC2)cc1. The molecule has 0 atom stereocenters. The minimum absolute atomic E-state index is 0.0283. The summed E-state index contributed by atoms with van der Waals surface area (Å²) in [5.41, 5.74) is 2.76. The smallest absolute Gasteiger partial charge is 0.262 e. The molecule has 0 spiro atoms. The number of anilines is 2. The maximum absolute atomic E-state index is 12.5. The van der Waals surface area contributed by atoms with Gasteiger partial charge in [0, 0.05) is 43.6 Å². The van der Waals surface area contributed by atoms with Crippen molar-refractivity contribution in [2.45, 2.75) is 0 Å². The first-order chi connectivity index (χ1) is 16.6. The van der Waals surface area contributed by atoms with Crippen LogP contribution in [0.5, 0.6) is 5.75 Å². The van der Waals surface area contributed by atoms with Crippen LogP contribution >= 0.6 is 11.6 Å². The van der Waals surface area contributed by atoms with E-state index in [1.807, 2.05) is 65.6 Å². The molecular weight excluding hydrogens is 450 g/mol. The zero-order valence-electron chi connectivity index (χ0n) is 18.7. The lowest BCUT2D eigenvalue weighted by molar-refractivity contribution is -0.126. The number of hydrogen-bond acceptors (Lipinski definition) is 4. The first-order valence-corrected chi connectivity index (χ1v) is 11.5. The van der Waals surface area contributed by atoms with Gasteiger partial charge in [0.1, 0.15) is 5.75 Å². The van der Waals surface area contributed by atoms with Crippen LogP contribution in [-0.4, -0.2) is 49.5 Å². The van der Waals surface area contributed by atoms with E-state index in [1.54, 1.807) is 30.3 Å². The number of rotatable bonds is 7. The quantitative estimate of drug-likeness (QED) is 0.502. The number of ether oxygens (including phenoxy) is 1. The molecule has 0 aromatic heterocycles. The third-order valence-corrected chi connectivity index (χ3v) is 5.83. The van der Waals surface area contributed by atoms with Gasteiger partial charge in [-0.1, -0.05) is 54.1 Å². The highest BCUT2D eigenvalue weighted by atomic mass is 35.5. The van der Waals surface area contributed by atoms with Gasteiger partial charge < -0.3 is 19.9 Å². The average molecular weight is 476 g/mol. The second-order valence-electron chi connectivity index (χ2n) is 7.87. The fourth-order valence-electron chi connectivity index (χ4n) is 3.68. The van der Waals surface area contributed by atoms with Gasteiger partial charge in [-0.25, -0.2) is 0 Å². The Labute approximate surface area is 204 Å². The topological polar surface area (TPSA) is 61.9 Å². The zero-order chi connectivity index (χ0) is 23.8. The second kappa shape index (κ2) is 11.4. The van der Waals surface area contributed by atoms with Crippen molar-refractivity contribution in [3.63, 3.8) is 0 Å². The average Bonchev–Trinajstić information content (AvgIpc) is 2.88. The Hall–Kier alpha value is -3.77. The van der Waals surface area contributed by atoms with Crippen molar-refractivity contribution in [1.29, 1.82) is 0 Å². The van der Waals surface area contributed by atoms with Crippen molar-refractivity contribution in [2.75, 3.05) is 43.0 Å². The minimum atomic E-state index is -0.261. The van der Waals surface area contributed by atoms with Gasteiger partial charge in [-0.3, -0.25) is 9.59 Å². The van der Waals surface area contributed by atoms with E-state index in [1.165, 1.54) is 0 Å². The van der Waals surface area contributed by atoms with Gasteiger partial charge in [0.05, 0.1) is 5.02 Å². The Morgan fingerprint density at radius 2 is 1.56 bits per heavy atom. The molecule has 6 nitrogen and oxygen atoms in total. The van der Waals surface area contributed by atoms with E-state index >= 15 is 0 Å². The Kier molecular flexibility index (Phi) is 7.83. The van der Waals surface area contributed by atoms with Crippen molar-refractivity contribution in [2.24, 2.45) is 0 Å². The van der Waals surface area contributed by atoms with E-state index in [0.29, 0.717) is 29.5 Å². The van der Waals surface area contributed by atoms with Crippen LogP contribution in [0.2, 0.25) is 5.02 Å². The molecule has 0 unspecified atom stereocenters. The molecule has 1 fully saturated rings. The number of carbonyl (C=O) groups is 2. The number of nitrogens with zero attached hydrogens (tertiary/aromatic N) is 2. The number of carbonyl (C=O) groups excluding carboxylic acids is 2. The predicted octanol–water partition coefficient (Wildman–Crippen LogP) is 4.72. The maximum Gasteiger partial charge on any atom is 0.262 e. The summed E-state index contributed by atoms with van der Waals surface area (Å²) in [5, 5.41) is 3.29. The summed E-state index contributed by atoms with van der Waals surface area (Å²) in [4.78, 5) is 28.8. The van der Waals surface area contributed by atoms with E-state index < -0.39 is 0 Å². The van der Waals surface area contributed by atoms with E-state index in [-0.39, 0.29) is 18.4 Å². The molecule has 0 radical (unpaired) electrons. The van der Waals surface area contributed by atoms with Crippen molar-refractivity contribution < 1.29 is 14.3 Å². The monoisotopic (exact) mass is 475 g/mol. The van der Waals surface area contributed by atoms with Crippen LogP contribution in [0.25, 0.3) is 6.08 Å². The van der Waals surface area contributed by atoms with Crippen molar-refractivity contribution in [3.05, 3.63) is 95.5 Å². The number of halogens is 1. The van der Waals surface area contributed by atoms with Crippen LogP contribution in [0.15, 0.2) is 84.9 Å². The molecule has 1 N–H and O–H groups in total. The van der Waals surface area contributed by atoms with Gasteiger partial charge in [-0.05, 0) is 48.0 Å². The number of piperazine rings is 1. The Morgan fingerprint density at radius 1 is 0.882 bits per heavy atom. The van der Waals surface area contributed by atoms with Crippen LogP contribution in [0, 0.1) is 0 Å². The molecule has 1 heterocycles. The van der Waals surface area contributed by atoms with Crippen molar-refractivity contribution in [1.82, 2.24) is 4.90 Å². The van der Waals surface area contributed by atoms with Gasteiger partial charge in [0.25, 0.3) is 5.91 Å². The molecular formula is C27H26ClN3O3. The normalized spacial score (nSPS) is 13.7. The summed E-state index contributed by atoms with van der Waals surface area (Å²) >= 11 is 6.04. The van der Waals surface area contributed by atoms with Gasteiger partial charge >= 0.3 is 0 Å². The third-order valence-electron chi connectivity index (χ3n) is 5.52. The fraction of sp³-hybridized carbons (Fsp3) is 0.185. The number of hydrogen-bond donors (Lipinski definition) is 1. The van der Waals surface area contributed by atoms with Gasteiger partial charge in [0.15, 0.2) is 6.61 Å². The summed E-state index contributed by atoms with van der Waals surface area (Å²) in [6, 6.07) is 24.5. The first-order valence-electron chi connectivity index (χ1n) is 11.1. The van der Waals surface area contributed by atoms with E-state index in [9.17, 15) is 9.59 Å². The van der Waals surface area contributed by atoms with Crippen molar-refractivity contribution >= 4 is 40.9 Å². The first kappa shape index (κ1) is 23.4. The highest BCUT2D eigenvalue weighted by Crippen LogP contribution is 2.23. The highest BCUT2D eigenvalue weighted by molar-refractivity contribution is 6.32. The molecule has 0 aliphatic carbocycles. The molecule has 7 heteroatoms. The standard InChI is InChI=1S/C27H26ClN3O3/c28-24-8-4-5-9-25(24)34-20-26(32)29-22-11-13-23(14-12-22)30-16-18-31(19-17-30)27(33)15-10-21-6-2-1-3-7-21/h1-15H,16-20H2,(H,29,32)/b15-10+. The Bertz CT molecular complexity index is 1140. The predicted molar refractivity (Wildman–Crippen MR) is 136 cm³/mol.